The molecule has 0 aromatic heterocycles. The van der Waals surface area contributed by atoms with Crippen LogP contribution in [0.5, 0.6) is 0 Å². The van der Waals surface area contributed by atoms with Crippen molar-refractivity contribution in [1.29, 1.82) is 0 Å². The predicted octanol–water partition coefficient (Wildman–Crippen LogP) is 2.40. The molecule has 1 unspecified atom stereocenters. The van der Waals surface area contributed by atoms with Gasteiger partial charge in [0.2, 0.25) is 0 Å². The number of nitrogens with two attached hydrogens (primary N) is 1. The molecule has 0 saturated heterocycles. The summed E-state index contributed by atoms with van der Waals surface area (Å²) in [5, 5.41) is 0. The van der Waals surface area contributed by atoms with Gasteiger partial charge in [-0.15, -0.1) is 0 Å². The zero-order valence-electron chi connectivity index (χ0n) is 10.5. The van der Waals surface area contributed by atoms with Crippen molar-refractivity contribution in [2.24, 2.45) is 5.73 Å². The van der Waals surface area contributed by atoms with Crippen LogP contribution in [0.3, 0.4) is 0 Å². The molecular weight excluding hydrogens is 196 g/mol. The van der Waals surface area contributed by atoms with E-state index in [1.54, 1.807) is 0 Å². The monoisotopic (exact) mass is 218 g/mol. The number of likely N-dealkylation sites (N-methyl/N-ethyl adjacent to an activating group) is 1. The van der Waals surface area contributed by atoms with Gasteiger partial charge in [-0.1, -0.05) is 23.8 Å². The Morgan fingerprint density at radius 3 is 2.62 bits per heavy atom. The highest BCUT2D eigenvalue weighted by Gasteiger charge is 2.27. The second-order valence-electron chi connectivity index (χ2n) is 5.14. The van der Waals surface area contributed by atoms with Gasteiger partial charge in [0, 0.05) is 18.6 Å². The number of hydrogen-bond donors (Lipinski definition) is 1. The molecule has 1 saturated carbocycles. The number of hydrogen-bond acceptors (Lipinski definition) is 2. The van der Waals surface area contributed by atoms with Crippen LogP contribution in [0.25, 0.3) is 0 Å². The summed E-state index contributed by atoms with van der Waals surface area (Å²) in [6.07, 6.45) is 2.69. The fourth-order valence-electron chi connectivity index (χ4n) is 2.31. The van der Waals surface area contributed by atoms with Gasteiger partial charge in [-0.05, 0) is 44.9 Å². The average molecular weight is 218 g/mol. The van der Waals surface area contributed by atoms with E-state index >= 15 is 0 Å². The first-order chi connectivity index (χ1) is 7.58. The van der Waals surface area contributed by atoms with Crippen LogP contribution in [0.15, 0.2) is 18.2 Å². The van der Waals surface area contributed by atoms with E-state index in [9.17, 15) is 0 Å². The standard InChI is InChI=1S/C14H22N2/c1-10-4-7-13(11(2)8-10)14(15)9-16(3)12-5-6-12/h4,7-8,12,14H,5-6,9,15H2,1-3H3. The van der Waals surface area contributed by atoms with Gasteiger partial charge < -0.3 is 10.6 Å². The molecule has 1 atom stereocenters. The van der Waals surface area contributed by atoms with Crippen molar-refractivity contribution in [3.63, 3.8) is 0 Å². The second-order valence-corrected chi connectivity index (χ2v) is 5.14. The third kappa shape index (κ3) is 2.63. The van der Waals surface area contributed by atoms with Gasteiger partial charge in [0.15, 0.2) is 0 Å². The summed E-state index contributed by atoms with van der Waals surface area (Å²) in [4.78, 5) is 2.39. The van der Waals surface area contributed by atoms with Crippen molar-refractivity contribution < 1.29 is 0 Å². The van der Waals surface area contributed by atoms with E-state index in [1.807, 2.05) is 0 Å². The molecule has 0 spiro atoms. The van der Waals surface area contributed by atoms with E-state index in [1.165, 1.54) is 29.5 Å². The first-order valence-electron chi connectivity index (χ1n) is 6.11. The molecule has 1 aliphatic carbocycles. The minimum absolute atomic E-state index is 0.145. The Kier molecular flexibility index (Phi) is 3.31. The number of benzene rings is 1. The maximum atomic E-state index is 6.27. The molecular formula is C14H22N2. The largest absolute Gasteiger partial charge is 0.323 e. The molecule has 0 amide bonds. The topological polar surface area (TPSA) is 29.3 Å². The lowest BCUT2D eigenvalue weighted by Crippen LogP contribution is -2.31. The van der Waals surface area contributed by atoms with Crippen molar-refractivity contribution in [2.75, 3.05) is 13.6 Å². The Balaban J connectivity index is 2.04. The predicted molar refractivity (Wildman–Crippen MR) is 68.5 cm³/mol. The molecule has 2 heteroatoms. The Labute approximate surface area is 98.4 Å². The van der Waals surface area contributed by atoms with E-state index in [-0.39, 0.29) is 6.04 Å². The van der Waals surface area contributed by atoms with Crippen molar-refractivity contribution in [1.82, 2.24) is 4.90 Å². The molecule has 0 heterocycles. The number of nitrogens with zero attached hydrogens (tertiary/aromatic N) is 1. The van der Waals surface area contributed by atoms with Crippen LogP contribution < -0.4 is 5.73 Å². The summed E-state index contributed by atoms with van der Waals surface area (Å²) >= 11 is 0. The Morgan fingerprint density at radius 2 is 2.06 bits per heavy atom. The molecule has 88 valence electrons. The summed E-state index contributed by atoms with van der Waals surface area (Å²) in [6.45, 7) is 5.24. The summed E-state index contributed by atoms with van der Waals surface area (Å²) in [5.41, 5.74) is 10.2. The fraction of sp³-hybridized carbons (Fsp3) is 0.571. The van der Waals surface area contributed by atoms with Crippen LogP contribution in [0.4, 0.5) is 0 Å². The van der Waals surface area contributed by atoms with Gasteiger partial charge in [-0.25, -0.2) is 0 Å². The molecule has 1 fully saturated rings. The van der Waals surface area contributed by atoms with E-state index in [4.69, 9.17) is 5.73 Å². The highest BCUT2D eigenvalue weighted by atomic mass is 15.2. The lowest BCUT2D eigenvalue weighted by molar-refractivity contribution is 0.302. The molecule has 0 aliphatic heterocycles. The average Bonchev–Trinajstić information content (AvgIpc) is 2.99. The summed E-state index contributed by atoms with van der Waals surface area (Å²) in [7, 11) is 2.18. The zero-order chi connectivity index (χ0) is 11.7. The van der Waals surface area contributed by atoms with E-state index in [0.717, 1.165) is 12.6 Å². The van der Waals surface area contributed by atoms with Crippen LogP contribution >= 0.6 is 0 Å². The molecule has 1 aromatic carbocycles. The van der Waals surface area contributed by atoms with Crippen molar-refractivity contribution in [3.05, 3.63) is 34.9 Å². The first kappa shape index (κ1) is 11.6. The minimum Gasteiger partial charge on any atom is -0.323 e. The Bertz CT molecular complexity index is 369. The van der Waals surface area contributed by atoms with E-state index in [0.29, 0.717) is 0 Å². The van der Waals surface area contributed by atoms with Gasteiger partial charge in [0.05, 0.1) is 0 Å². The molecule has 1 aliphatic rings. The fourth-order valence-corrected chi connectivity index (χ4v) is 2.31. The quantitative estimate of drug-likeness (QED) is 0.841. The molecule has 2 nitrogen and oxygen atoms in total. The summed E-state index contributed by atoms with van der Waals surface area (Å²) in [6, 6.07) is 7.48. The zero-order valence-corrected chi connectivity index (χ0v) is 10.5. The maximum absolute atomic E-state index is 6.27. The Hall–Kier alpha value is -0.860. The summed E-state index contributed by atoms with van der Waals surface area (Å²) in [5.74, 6) is 0. The smallest absolute Gasteiger partial charge is 0.0426 e. The maximum Gasteiger partial charge on any atom is 0.0426 e. The van der Waals surface area contributed by atoms with Crippen LogP contribution in [0.2, 0.25) is 0 Å². The highest BCUT2D eigenvalue weighted by Crippen LogP contribution is 2.27. The lowest BCUT2D eigenvalue weighted by Gasteiger charge is -2.22. The SMILES string of the molecule is Cc1ccc(C(N)CN(C)C2CC2)c(C)c1. The third-order valence-corrected chi connectivity index (χ3v) is 3.48. The van der Waals surface area contributed by atoms with Crippen molar-refractivity contribution in [3.8, 4) is 0 Å². The lowest BCUT2D eigenvalue weighted by atomic mass is 9.99. The van der Waals surface area contributed by atoms with E-state index < -0.39 is 0 Å². The molecule has 16 heavy (non-hydrogen) atoms. The third-order valence-electron chi connectivity index (χ3n) is 3.48. The van der Waals surface area contributed by atoms with Crippen LogP contribution in [-0.4, -0.2) is 24.5 Å². The molecule has 2 N–H and O–H groups in total. The highest BCUT2D eigenvalue weighted by molar-refractivity contribution is 5.32. The van der Waals surface area contributed by atoms with Crippen LogP contribution in [-0.2, 0) is 0 Å². The van der Waals surface area contributed by atoms with Gasteiger partial charge in [0.25, 0.3) is 0 Å². The molecule has 2 rings (SSSR count). The van der Waals surface area contributed by atoms with Gasteiger partial charge in [-0.3, -0.25) is 0 Å². The minimum atomic E-state index is 0.145. The van der Waals surface area contributed by atoms with Crippen molar-refractivity contribution >= 4 is 0 Å². The van der Waals surface area contributed by atoms with Crippen molar-refractivity contribution in [2.45, 2.75) is 38.8 Å². The summed E-state index contributed by atoms with van der Waals surface area (Å²) < 4.78 is 0. The van der Waals surface area contributed by atoms with Gasteiger partial charge >= 0.3 is 0 Å². The van der Waals surface area contributed by atoms with Gasteiger partial charge in [-0.2, -0.15) is 0 Å². The number of rotatable bonds is 4. The Morgan fingerprint density at radius 1 is 1.38 bits per heavy atom. The molecule has 1 aromatic rings. The second kappa shape index (κ2) is 4.56. The van der Waals surface area contributed by atoms with Crippen LogP contribution in [0, 0.1) is 13.8 Å². The normalized spacial score (nSPS) is 17.8. The number of aryl methyl sites for hydroxylation is 2. The van der Waals surface area contributed by atoms with E-state index in [2.05, 4.69) is 44.0 Å². The first-order valence-corrected chi connectivity index (χ1v) is 6.11. The molecule has 0 bridgehead atoms. The van der Waals surface area contributed by atoms with Crippen LogP contribution in [0.1, 0.15) is 35.6 Å². The molecule has 0 radical (unpaired) electrons. The van der Waals surface area contributed by atoms with Gasteiger partial charge in [0.1, 0.15) is 0 Å².